The van der Waals surface area contributed by atoms with Gasteiger partial charge < -0.3 is 0 Å². The fraction of sp³-hybridized carbons (Fsp3) is 0.0952. The smallest absolute Gasteiger partial charge is 0.267 e. The van der Waals surface area contributed by atoms with E-state index in [-0.39, 0.29) is 5.56 Å². The van der Waals surface area contributed by atoms with Gasteiger partial charge in [0.2, 0.25) is 0 Å². The van der Waals surface area contributed by atoms with Gasteiger partial charge in [-0.15, -0.1) is 11.8 Å². The molecule has 0 aliphatic carbocycles. The fourth-order valence-electron chi connectivity index (χ4n) is 2.87. The first-order valence-electron chi connectivity index (χ1n) is 8.41. The summed E-state index contributed by atoms with van der Waals surface area (Å²) in [5.74, 6) is 0.780. The minimum atomic E-state index is -0.0538. The predicted molar refractivity (Wildman–Crippen MR) is 106 cm³/mol. The number of hydrogen-bond donors (Lipinski definition) is 0. The number of hydrogen-bond acceptors (Lipinski definition) is 4. The van der Waals surface area contributed by atoms with E-state index in [0.717, 1.165) is 22.4 Å². The van der Waals surface area contributed by atoms with Crippen molar-refractivity contribution in [3.05, 3.63) is 89.5 Å². The number of thioether (sulfide) groups is 1. The van der Waals surface area contributed by atoms with Crippen molar-refractivity contribution >= 4 is 22.5 Å². The number of benzene rings is 2. The van der Waals surface area contributed by atoms with E-state index in [1.54, 1.807) is 28.8 Å². The van der Waals surface area contributed by atoms with Gasteiger partial charge in [0.15, 0.2) is 0 Å². The number of rotatable bonds is 5. The summed E-state index contributed by atoms with van der Waals surface area (Å²) in [6.07, 6.45) is 3.51. The van der Waals surface area contributed by atoms with E-state index >= 15 is 0 Å². The Labute approximate surface area is 155 Å². The quantitative estimate of drug-likeness (QED) is 0.500. The molecular weight excluding hydrogens is 342 g/mol. The van der Waals surface area contributed by atoms with Crippen LogP contribution in [0.1, 0.15) is 0 Å². The predicted octanol–water partition coefficient (Wildman–Crippen LogP) is 4.25. The lowest BCUT2D eigenvalue weighted by Crippen LogP contribution is -2.24. The molecule has 26 heavy (non-hydrogen) atoms. The van der Waals surface area contributed by atoms with E-state index < -0.39 is 0 Å². The lowest BCUT2D eigenvalue weighted by molar-refractivity contribution is 0.632. The Balaban J connectivity index is 1.71. The number of pyridine rings is 1. The van der Waals surface area contributed by atoms with Crippen LogP contribution in [0.25, 0.3) is 22.0 Å². The van der Waals surface area contributed by atoms with E-state index in [4.69, 9.17) is 0 Å². The Morgan fingerprint density at radius 3 is 2.42 bits per heavy atom. The van der Waals surface area contributed by atoms with Crippen LogP contribution in [-0.2, 0) is 6.54 Å². The molecule has 0 aliphatic heterocycles. The number of fused-ring (bicyclic) bond motifs is 1. The van der Waals surface area contributed by atoms with Crippen molar-refractivity contribution < 1.29 is 0 Å². The highest BCUT2D eigenvalue weighted by Crippen LogP contribution is 2.24. The Kier molecular flexibility index (Phi) is 4.80. The second-order valence-electron chi connectivity index (χ2n) is 5.83. The fourth-order valence-corrected chi connectivity index (χ4v) is 3.72. The lowest BCUT2D eigenvalue weighted by Gasteiger charge is -2.11. The third-order valence-electron chi connectivity index (χ3n) is 4.12. The van der Waals surface area contributed by atoms with Crippen molar-refractivity contribution in [2.45, 2.75) is 11.4 Å². The Bertz CT molecular complexity index is 1080. The third-order valence-corrected chi connectivity index (χ3v) is 5.11. The summed E-state index contributed by atoms with van der Waals surface area (Å²) in [7, 11) is 0. The van der Waals surface area contributed by atoms with Crippen molar-refractivity contribution in [3.8, 4) is 11.3 Å². The summed E-state index contributed by atoms with van der Waals surface area (Å²) in [6.45, 7) is 0.552. The first kappa shape index (κ1) is 16.5. The summed E-state index contributed by atoms with van der Waals surface area (Å²) in [5, 5.41) is 6.20. The van der Waals surface area contributed by atoms with Gasteiger partial charge >= 0.3 is 0 Å². The zero-order chi connectivity index (χ0) is 17.8. The zero-order valence-corrected chi connectivity index (χ0v) is 14.9. The molecule has 5 heteroatoms. The summed E-state index contributed by atoms with van der Waals surface area (Å²) < 4.78 is 1.57. The molecule has 4 rings (SSSR count). The van der Waals surface area contributed by atoms with E-state index in [0.29, 0.717) is 11.9 Å². The minimum absolute atomic E-state index is 0.0538. The third kappa shape index (κ3) is 3.39. The molecule has 0 radical (unpaired) electrons. The van der Waals surface area contributed by atoms with Crippen LogP contribution in [0.3, 0.4) is 0 Å². The zero-order valence-electron chi connectivity index (χ0n) is 14.1. The average Bonchev–Trinajstić information content (AvgIpc) is 2.71. The molecule has 2 heterocycles. The summed E-state index contributed by atoms with van der Waals surface area (Å²) in [5.41, 5.74) is 1.65. The molecule has 0 fully saturated rings. The molecule has 0 unspecified atom stereocenters. The molecule has 0 spiro atoms. The standard InChI is InChI=1S/C21H17N3OS/c25-21-19-11-5-4-10-18(19)20(16-7-6-12-22-15-16)23-24(21)13-14-26-17-8-2-1-3-9-17/h1-12,15H,13-14H2. The molecule has 0 bridgehead atoms. The highest BCUT2D eigenvalue weighted by molar-refractivity contribution is 7.99. The maximum atomic E-state index is 12.8. The first-order valence-corrected chi connectivity index (χ1v) is 9.39. The van der Waals surface area contributed by atoms with Gasteiger partial charge in [0.1, 0.15) is 5.69 Å². The highest BCUT2D eigenvalue weighted by atomic mass is 32.2. The first-order chi connectivity index (χ1) is 12.8. The van der Waals surface area contributed by atoms with Gasteiger partial charge in [0.05, 0.1) is 11.9 Å². The Hall–Kier alpha value is -2.92. The van der Waals surface area contributed by atoms with E-state index in [9.17, 15) is 4.79 Å². The molecule has 0 amide bonds. The molecular formula is C21H17N3OS. The van der Waals surface area contributed by atoms with Crippen LogP contribution in [-0.4, -0.2) is 20.5 Å². The summed E-state index contributed by atoms with van der Waals surface area (Å²) in [6, 6.07) is 21.6. The highest BCUT2D eigenvalue weighted by Gasteiger charge is 2.12. The van der Waals surface area contributed by atoms with E-state index in [2.05, 4.69) is 22.2 Å². The van der Waals surface area contributed by atoms with Crippen LogP contribution in [0, 0.1) is 0 Å². The number of aryl methyl sites for hydroxylation is 1. The average molecular weight is 359 g/mol. The molecule has 0 aliphatic rings. The Morgan fingerprint density at radius 2 is 1.65 bits per heavy atom. The SMILES string of the molecule is O=c1c2ccccc2c(-c2cccnc2)nn1CCSc1ccccc1. The molecule has 2 aromatic carbocycles. The molecule has 0 N–H and O–H groups in total. The molecule has 0 saturated carbocycles. The molecule has 4 nitrogen and oxygen atoms in total. The van der Waals surface area contributed by atoms with Gasteiger partial charge in [-0.25, -0.2) is 4.68 Å². The van der Waals surface area contributed by atoms with Crippen LogP contribution in [0.4, 0.5) is 0 Å². The minimum Gasteiger partial charge on any atom is -0.267 e. The molecule has 2 aromatic heterocycles. The topological polar surface area (TPSA) is 47.8 Å². The summed E-state index contributed by atoms with van der Waals surface area (Å²) >= 11 is 1.72. The Morgan fingerprint density at radius 1 is 0.885 bits per heavy atom. The molecule has 4 aromatic rings. The number of aromatic nitrogens is 3. The van der Waals surface area contributed by atoms with Gasteiger partial charge in [-0.2, -0.15) is 5.10 Å². The van der Waals surface area contributed by atoms with Gasteiger partial charge in [0.25, 0.3) is 5.56 Å². The lowest BCUT2D eigenvalue weighted by atomic mass is 10.1. The van der Waals surface area contributed by atoms with Crippen molar-refractivity contribution in [3.63, 3.8) is 0 Å². The second-order valence-corrected chi connectivity index (χ2v) is 6.99. The van der Waals surface area contributed by atoms with Crippen LogP contribution in [0.15, 0.2) is 88.8 Å². The normalized spacial score (nSPS) is 10.9. The van der Waals surface area contributed by atoms with Gasteiger partial charge in [0, 0.05) is 34.0 Å². The van der Waals surface area contributed by atoms with Crippen molar-refractivity contribution in [1.29, 1.82) is 0 Å². The second kappa shape index (κ2) is 7.54. The molecule has 0 atom stereocenters. The monoisotopic (exact) mass is 359 g/mol. The molecule has 0 saturated heterocycles. The maximum Gasteiger partial charge on any atom is 0.274 e. The van der Waals surface area contributed by atoms with Crippen LogP contribution < -0.4 is 5.56 Å². The van der Waals surface area contributed by atoms with Crippen molar-refractivity contribution in [2.24, 2.45) is 0 Å². The van der Waals surface area contributed by atoms with E-state index in [1.165, 1.54) is 4.90 Å². The van der Waals surface area contributed by atoms with Gasteiger partial charge in [-0.3, -0.25) is 9.78 Å². The summed E-state index contributed by atoms with van der Waals surface area (Å²) in [4.78, 5) is 18.2. The van der Waals surface area contributed by atoms with Crippen molar-refractivity contribution in [1.82, 2.24) is 14.8 Å². The van der Waals surface area contributed by atoms with E-state index in [1.807, 2.05) is 54.6 Å². The van der Waals surface area contributed by atoms with Crippen LogP contribution >= 0.6 is 11.8 Å². The maximum absolute atomic E-state index is 12.8. The van der Waals surface area contributed by atoms with Crippen LogP contribution in [0.5, 0.6) is 0 Å². The number of nitrogens with zero attached hydrogens (tertiary/aromatic N) is 3. The van der Waals surface area contributed by atoms with Crippen LogP contribution in [0.2, 0.25) is 0 Å². The van der Waals surface area contributed by atoms with Gasteiger partial charge in [-0.1, -0.05) is 36.4 Å². The molecule has 128 valence electrons. The van der Waals surface area contributed by atoms with Gasteiger partial charge in [-0.05, 0) is 30.3 Å². The largest absolute Gasteiger partial charge is 0.274 e. The van der Waals surface area contributed by atoms with Crippen molar-refractivity contribution in [2.75, 3.05) is 5.75 Å².